The molecule has 0 bridgehead atoms. The summed E-state index contributed by atoms with van der Waals surface area (Å²) >= 11 is 0. The molecule has 1 aliphatic heterocycles. The predicted molar refractivity (Wildman–Crippen MR) is 78.5 cm³/mol. The summed E-state index contributed by atoms with van der Waals surface area (Å²) < 4.78 is 0. The average molecular weight is 258 g/mol. The zero-order valence-electron chi connectivity index (χ0n) is 11.7. The topological polar surface area (TPSA) is 39.3 Å². The Labute approximate surface area is 114 Å². The van der Waals surface area contributed by atoms with Crippen molar-refractivity contribution in [2.75, 3.05) is 6.54 Å². The minimum atomic E-state index is 0.387. The second-order valence-electron chi connectivity index (χ2n) is 5.65. The molecular weight excluding hydrogens is 236 g/mol. The van der Waals surface area contributed by atoms with E-state index in [0.717, 1.165) is 29.9 Å². The van der Waals surface area contributed by atoms with Gasteiger partial charge in [0.05, 0.1) is 0 Å². The number of hydrogen-bond donors (Lipinski definition) is 2. The van der Waals surface area contributed by atoms with Crippen molar-refractivity contribution < 1.29 is 5.11 Å². The predicted octanol–water partition coefficient (Wildman–Crippen LogP) is 3.29. The molecule has 1 aliphatic rings. The number of benzene rings is 1. The van der Waals surface area contributed by atoms with Gasteiger partial charge in [0.2, 0.25) is 0 Å². The van der Waals surface area contributed by atoms with E-state index >= 15 is 0 Å². The molecule has 2 N–H and O–H groups in total. The molecule has 0 radical (unpaired) electrons. The van der Waals surface area contributed by atoms with Gasteiger partial charge in [0.25, 0.3) is 0 Å². The molecule has 1 fully saturated rings. The number of nitrogens with one attached hydrogen (secondary N) is 1. The van der Waals surface area contributed by atoms with E-state index in [1.165, 1.54) is 18.4 Å². The molecule has 19 heavy (non-hydrogen) atoms. The number of likely N-dealkylation sites (tertiary alicyclic amines) is 1. The lowest BCUT2D eigenvalue weighted by Gasteiger charge is -2.47. The summed E-state index contributed by atoms with van der Waals surface area (Å²) in [6.45, 7) is 5.65. The highest BCUT2D eigenvalue weighted by molar-refractivity contribution is 5.88. The number of H-pyrrole nitrogens is 1. The second kappa shape index (κ2) is 4.89. The van der Waals surface area contributed by atoms with Gasteiger partial charge in [-0.2, -0.15) is 0 Å². The number of phenols is 1. The third-order valence-electron chi connectivity index (χ3n) is 4.52. The SMILES string of the molecule is CCC1CC(C)N1CCc1c[nH]c2cccc(O)c12. The number of aromatic nitrogens is 1. The van der Waals surface area contributed by atoms with Crippen LogP contribution in [0, 0.1) is 0 Å². The molecule has 0 aliphatic carbocycles. The number of rotatable bonds is 4. The van der Waals surface area contributed by atoms with Gasteiger partial charge in [-0.3, -0.25) is 4.90 Å². The minimum absolute atomic E-state index is 0.387. The minimum Gasteiger partial charge on any atom is -0.507 e. The van der Waals surface area contributed by atoms with Crippen LogP contribution < -0.4 is 0 Å². The fraction of sp³-hybridized carbons (Fsp3) is 0.500. The van der Waals surface area contributed by atoms with E-state index in [9.17, 15) is 5.11 Å². The second-order valence-corrected chi connectivity index (χ2v) is 5.65. The molecule has 102 valence electrons. The number of fused-ring (bicyclic) bond motifs is 1. The molecule has 2 unspecified atom stereocenters. The first-order valence-electron chi connectivity index (χ1n) is 7.24. The normalized spacial score (nSPS) is 23.7. The number of phenolic OH excluding ortho intramolecular Hbond substituents is 1. The summed E-state index contributed by atoms with van der Waals surface area (Å²) in [6.07, 6.45) is 5.60. The highest BCUT2D eigenvalue weighted by Gasteiger charge is 2.33. The van der Waals surface area contributed by atoms with Crippen LogP contribution in [-0.2, 0) is 6.42 Å². The van der Waals surface area contributed by atoms with Gasteiger partial charge in [0.1, 0.15) is 5.75 Å². The summed E-state index contributed by atoms with van der Waals surface area (Å²) in [5.41, 5.74) is 2.25. The molecule has 3 rings (SSSR count). The van der Waals surface area contributed by atoms with Gasteiger partial charge < -0.3 is 10.1 Å². The Bertz CT molecular complexity index is 575. The van der Waals surface area contributed by atoms with Crippen LogP contribution in [0.2, 0.25) is 0 Å². The van der Waals surface area contributed by atoms with Crippen molar-refractivity contribution in [1.29, 1.82) is 0 Å². The molecule has 1 aromatic heterocycles. The fourth-order valence-electron chi connectivity index (χ4n) is 3.37. The number of aromatic amines is 1. The molecule has 0 amide bonds. The lowest BCUT2D eigenvalue weighted by molar-refractivity contribution is 0.0255. The molecule has 1 saturated heterocycles. The van der Waals surface area contributed by atoms with E-state index in [1.807, 2.05) is 18.3 Å². The van der Waals surface area contributed by atoms with Crippen LogP contribution in [0.3, 0.4) is 0 Å². The zero-order valence-corrected chi connectivity index (χ0v) is 11.7. The van der Waals surface area contributed by atoms with Gasteiger partial charge in [-0.25, -0.2) is 0 Å². The van der Waals surface area contributed by atoms with Crippen LogP contribution in [0.1, 0.15) is 32.3 Å². The molecule has 0 spiro atoms. The first kappa shape index (κ1) is 12.5. The molecule has 3 nitrogen and oxygen atoms in total. The van der Waals surface area contributed by atoms with Crippen LogP contribution in [-0.4, -0.2) is 33.6 Å². The summed E-state index contributed by atoms with van der Waals surface area (Å²) in [7, 11) is 0. The Morgan fingerprint density at radius 2 is 2.26 bits per heavy atom. The number of hydrogen-bond acceptors (Lipinski definition) is 2. The summed E-state index contributed by atoms with van der Waals surface area (Å²) in [5, 5.41) is 11.0. The van der Waals surface area contributed by atoms with Crippen LogP contribution in [0.5, 0.6) is 5.75 Å². The van der Waals surface area contributed by atoms with Crippen molar-refractivity contribution in [3.05, 3.63) is 30.0 Å². The van der Waals surface area contributed by atoms with Gasteiger partial charge in [0.15, 0.2) is 0 Å². The fourth-order valence-corrected chi connectivity index (χ4v) is 3.37. The monoisotopic (exact) mass is 258 g/mol. The summed E-state index contributed by atoms with van der Waals surface area (Å²) in [5.74, 6) is 0.387. The molecule has 3 heteroatoms. The van der Waals surface area contributed by atoms with E-state index in [0.29, 0.717) is 11.8 Å². The van der Waals surface area contributed by atoms with Crippen LogP contribution in [0.15, 0.2) is 24.4 Å². The highest BCUT2D eigenvalue weighted by Crippen LogP contribution is 2.31. The lowest BCUT2D eigenvalue weighted by atomic mass is 9.91. The molecule has 2 heterocycles. The maximum atomic E-state index is 9.99. The van der Waals surface area contributed by atoms with Crippen molar-refractivity contribution in [3.63, 3.8) is 0 Å². The zero-order chi connectivity index (χ0) is 13.4. The Balaban J connectivity index is 1.75. The summed E-state index contributed by atoms with van der Waals surface area (Å²) in [6, 6.07) is 7.13. The largest absolute Gasteiger partial charge is 0.507 e. The molecular formula is C16H22N2O. The Morgan fingerprint density at radius 1 is 1.42 bits per heavy atom. The highest BCUT2D eigenvalue weighted by atomic mass is 16.3. The Kier molecular flexibility index (Phi) is 3.23. The van der Waals surface area contributed by atoms with Crippen molar-refractivity contribution in [3.8, 4) is 5.75 Å². The molecule has 0 saturated carbocycles. The van der Waals surface area contributed by atoms with Crippen LogP contribution >= 0.6 is 0 Å². The maximum Gasteiger partial charge on any atom is 0.125 e. The van der Waals surface area contributed by atoms with Crippen molar-refractivity contribution in [1.82, 2.24) is 9.88 Å². The van der Waals surface area contributed by atoms with Gasteiger partial charge in [-0.15, -0.1) is 0 Å². The van der Waals surface area contributed by atoms with Crippen LogP contribution in [0.25, 0.3) is 10.9 Å². The Morgan fingerprint density at radius 3 is 3.00 bits per heavy atom. The van der Waals surface area contributed by atoms with E-state index in [-0.39, 0.29) is 0 Å². The summed E-state index contributed by atoms with van der Waals surface area (Å²) in [4.78, 5) is 5.83. The Hall–Kier alpha value is -1.48. The molecule has 1 aromatic carbocycles. The van der Waals surface area contributed by atoms with Crippen molar-refractivity contribution in [2.24, 2.45) is 0 Å². The quantitative estimate of drug-likeness (QED) is 0.883. The van der Waals surface area contributed by atoms with Gasteiger partial charge in [0, 0.05) is 35.7 Å². The smallest absolute Gasteiger partial charge is 0.125 e. The van der Waals surface area contributed by atoms with Gasteiger partial charge in [-0.1, -0.05) is 13.0 Å². The standard InChI is InChI=1S/C16H22N2O/c1-3-13-9-11(2)18(13)8-7-12-10-17-14-5-4-6-15(19)16(12)14/h4-6,10-11,13,17,19H,3,7-9H2,1-2H3. The van der Waals surface area contributed by atoms with Gasteiger partial charge >= 0.3 is 0 Å². The maximum absolute atomic E-state index is 9.99. The van der Waals surface area contributed by atoms with Gasteiger partial charge in [-0.05, 0) is 43.9 Å². The van der Waals surface area contributed by atoms with Crippen molar-refractivity contribution in [2.45, 2.75) is 45.2 Å². The molecule has 2 aromatic rings. The first-order chi connectivity index (χ1) is 9.20. The number of aromatic hydroxyl groups is 1. The average Bonchev–Trinajstić information content (AvgIpc) is 2.80. The molecule has 2 atom stereocenters. The van der Waals surface area contributed by atoms with Crippen molar-refractivity contribution >= 4 is 10.9 Å². The first-order valence-corrected chi connectivity index (χ1v) is 7.24. The van der Waals surface area contributed by atoms with Crippen LogP contribution in [0.4, 0.5) is 0 Å². The van der Waals surface area contributed by atoms with E-state index in [2.05, 4.69) is 23.7 Å². The number of nitrogens with zero attached hydrogens (tertiary/aromatic N) is 1. The lowest BCUT2D eigenvalue weighted by Crippen LogP contribution is -2.54. The van der Waals surface area contributed by atoms with E-state index in [1.54, 1.807) is 6.07 Å². The third kappa shape index (κ3) is 2.12. The van der Waals surface area contributed by atoms with E-state index < -0.39 is 0 Å². The van der Waals surface area contributed by atoms with E-state index in [4.69, 9.17) is 0 Å². The third-order valence-corrected chi connectivity index (χ3v) is 4.52.